The molecule has 0 unspecified atom stereocenters. The molecule has 0 spiro atoms. The Kier molecular flexibility index (Phi) is 3.47. The van der Waals surface area contributed by atoms with E-state index < -0.39 is 0 Å². The molecular weight excluding hydrogens is 214 g/mol. The van der Waals surface area contributed by atoms with Gasteiger partial charge in [0.15, 0.2) is 0 Å². The van der Waals surface area contributed by atoms with Gasteiger partial charge in [0.25, 0.3) is 0 Å². The molecule has 0 amide bonds. The molecule has 2 rings (SSSR count). The normalized spacial score (nSPS) is 20.2. The molecule has 1 aliphatic heterocycles. The van der Waals surface area contributed by atoms with Crippen LogP contribution in [0, 0.1) is 0 Å². The van der Waals surface area contributed by atoms with E-state index in [9.17, 15) is 0 Å². The first kappa shape index (κ1) is 12.1. The topological polar surface area (TPSA) is 67.1 Å². The molecule has 1 aliphatic rings. The fraction of sp³-hybridized carbons (Fsp3) is 0.667. The number of nitrogens with two attached hydrogens (primary N) is 1. The van der Waals surface area contributed by atoms with Crippen molar-refractivity contribution in [1.82, 2.24) is 15.3 Å². The summed E-state index contributed by atoms with van der Waals surface area (Å²) in [6.07, 6.45) is 1.15. The van der Waals surface area contributed by atoms with E-state index >= 15 is 0 Å². The number of likely N-dealkylation sites (N-methyl/N-ethyl adjacent to an activating group) is 1. The fourth-order valence-corrected chi connectivity index (χ4v) is 2.10. The van der Waals surface area contributed by atoms with Gasteiger partial charge in [0.05, 0.1) is 0 Å². The summed E-state index contributed by atoms with van der Waals surface area (Å²) in [5.74, 6) is 2.65. The smallest absolute Gasteiger partial charge is 0.135 e. The highest BCUT2D eigenvalue weighted by Crippen LogP contribution is 2.22. The standard InChI is InChI=1S/C12H21N5/c1-8(2)12-15-10(13)6-11(16-12)17-5-4-9(7-17)14-3/h6,8-9,14H,4-5,7H2,1-3H3,(H2,13,15,16)/t9-/m1/s1. The monoisotopic (exact) mass is 235 g/mol. The van der Waals surface area contributed by atoms with Crippen molar-refractivity contribution in [2.24, 2.45) is 0 Å². The molecule has 1 aromatic rings. The maximum Gasteiger partial charge on any atom is 0.135 e. The first-order valence-electron chi connectivity index (χ1n) is 6.17. The van der Waals surface area contributed by atoms with Crippen LogP contribution >= 0.6 is 0 Å². The lowest BCUT2D eigenvalue weighted by molar-refractivity contribution is 0.616. The van der Waals surface area contributed by atoms with Crippen LogP contribution in [0.5, 0.6) is 0 Å². The third kappa shape index (κ3) is 2.66. The number of anilines is 2. The van der Waals surface area contributed by atoms with Crippen LogP contribution < -0.4 is 16.0 Å². The minimum absolute atomic E-state index is 0.306. The lowest BCUT2D eigenvalue weighted by atomic mass is 10.2. The van der Waals surface area contributed by atoms with E-state index in [1.54, 1.807) is 0 Å². The van der Waals surface area contributed by atoms with E-state index in [0.29, 0.717) is 17.8 Å². The minimum atomic E-state index is 0.306. The molecule has 17 heavy (non-hydrogen) atoms. The van der Waals surface area contributed by atoms with Crippen molar-refractivity contribution in [3.63, 3.8) is 0 Å². The van der Waals surface area contributed by atoms with E-state index in [1.165, 1.54) is 0 Å². The van der Waals surface area contributed by atoms with Crippen molar-refractivity contribution in [2.45, 2.75) is 32.2 Å². The van der Waals surface area contributed by atoms with Gasteiger partial charge in [-0.1, -0.05) is 13.8 Å². The van der Waals surface area contributed by atoms with Gasteiger partial charge < -0.3 is 16.0 Å². The van der Waals surface area contributed by atoms with Crippen LogP contribution in [0.25, 0.3) is 0 Å². The molecule has 3 N–H and O–H groups in total. The van der Waals surface area contributed by atoms with E-state index in [1.807, 2.05) is 13.1 Å². The quantitative estimate of drug-likeness (QED) is 0.817. The molecule has 1 atom stereocenters. The number of nitrogen functional groups attached to an aromatic ring is 1. The predicted octanol–water partition coefficient (Wildman–Crippen LogP) is 0.980. The van der Waals surface area contributed by atoms with Crippen molar-refractivity contribution in [3.05, 3.63) is 11.9 Å². The second kappa shape index (κ2) is 4.87. The van der Waals surface area contributed by atoms with Crippen LogP contribution in [-0.2, 0) is 0 Å². The average Bonchev–Trinajstić information content (AvgIpc) is 2.76. The molecule has 0 aromatic carbocycles. The van der Waals surface area contributed by atoms with Gasteiger partial charge in [-0.3, -0.25) is 0 Å². The van der Waals surface area contributed by atoms with Gasteiger partial charge in [0, 0.05) is 31.1 Å². The highest BCUT2D eigenvalue weighted by atomic mass is 15.2. The Balaban J connectivity index is 2.21. The summed E-state index contributed by atoms with van der Waals surface area (Å²) < 4.78 is 0. The molecule has 1 fully saturated rings. The summed E-state index contributed by atoms with van der Waals surface area (Å²) in [4.78, 5) is 11.1. The SMILES string of the molecule is CN[C@@H]1CCN(c2cc(N)nc(C(C)C)n2)C1. The molecule has 0 saturated carbocycles. The zero-order valence-corrected chi connectivity index (χ0v) is 10.8. The van der Waals surface area contributed by atoms with E-state index in [0.717, 1.165) is 31.2 Å². The maximum absolute atomic E-state index is 5.84. The van der Waals surface area contributed by atoms with Crippen LogP contribution in [0.4, 0.5) is 11.6 Å². The highest BCUT2D eigenvalue weighted by Gasteiger charge is 2.22. The lowest BCUT2D eigenvalue weighted by Crippen LogP contribution is -2.30. The molecule has 1 saturated heterocycles. The minimum Gasteiger partial charge on any atom is -0.384 e. The van der Waals surface area contributed by atoms with E-state index in [4.69, 9.17) is 5.73 Å². The molecule has 1 aromatic heterocycles. The largest absolute Gasteiger partial charge is 0.384 e. The van der Waals surface area contributed by atoms with Gasteiger partial charge in [-0.05, 0) is 13.5 Å². The van der Waals surface area contributed by atoms with Crippen LogP contribution in [0.3, 0.4) is 0 Å². The summed E-state index contributed by atoms with van der Waals surface area (Å²) >= 11 is 0. The van der Waals surface area contributed by atoms with Crippen LogP contribution in [0.1, 0.15) is 32.0 Å². The summed E-state index contributed by atoms with van der Waals surface area (Å²) in [5.41, 5.74) is 5.84. The van der Waals surface area contributed by atoms with Gasteiger partial charge in [-0.15, -0.1) is 0 Å². The number of aromatic nitrogens is 2. The van der Waals surface area contributed by atoms with Gasteiger partial charge in [0.2, 0.25) is 0 Å². The molecular formula is C12H21N5. The summed E-state index contributed by atoms with van der Waals surface area (Å²) in [5, 5.41) is 3.30. The van der Waals surface area contributed by atoms with Crippen molar-refractivity contribution < 1.29 is 0 Å². The Morgan fingerprint density at radius 2 is 2.24 bits per heavy atom. The van der Waals surface area contributed by atoms with Crippen LogP contribution in [-0.4, -0.2) is 36.1 Å². The van der Waals surface area contributed by atoms with Gasteiger partial charge in [-0.25, -0.2) is 9.97 Å². The zero-order chi connectivity index (χ0) is 12.4. The molecule has 2 heterocycles. The second-order valence-electron chi connectivity index (χ2n) is 4.88. The molecule has 0 bridgehead atoms. The average molecular weight is 235 g/mol. The molecule has 5 nitrogen and oxygen atoms in total. The molecule has 5 heteroatoms. The molecule has 94 valence electrons. The third-order valence-electron chi connectivity index (χ3n) is 3.19. The lowest BCUT2D eigenvalue weighted by Gasteiger charge is -2.19. The van der Waals surface area contributed by atoms with Crippen molar-refractivity contribution in [2.75, 3.05) is 30.8 Å². The number of rotatable bonds is 3. The summed E-state index contributed by atoms with van der Waals surface area (Å²) in [7, 11) is 2.00. The Labute approximate surface area is 102 Å². The first-order chi connectivity index (χ1) is 8.10. The van der Waals surface area contributed by atoms with Gasteiger partial charge >= 0.3 is 0 Å². The Bertz CT molecular complexity index is 390. The Morgan fingerprint density at radius 3 is 2.82 bits per heavy atom. The number of hydrogen-bond donors (Lipinski definition) is 2. The van der Waals surface area contributed by atoms with Crippen LogP contribution in [0.2, 0.25) is 0 Å². The highest BCUT2D eigenvalue weighted by molar-refractivity contribution is 5.48. The third-order valence-corrected chi connectivity index (χ3v) is 3.19. The van der Waals surface area contributed by atoms with E-state index in [-0.39, 0.29) is 0 Å². The Morgan fingerprint density at radius 1 is 1.47 bits per heavy atom. The van der Waals surface area contributed by atoms with Gasteiger partial charge in [0.1, 0.15) is 17.5 Å². The zero-order valence-electron chi connectivity index (χ0n) is 10.8. The van der Waals surface area contributed by atoms with Crippen molar-refractivity contribution in [3.8, 4) is 0 Å². The summed E-state index contributed by atoms with van der Waals surface area (Å²) in [6, 6.07) is 2.41. The molecule has 0 aliphatic carbocycles. The fourth-order valence-electron chi connectivity index (χ4n) is 2.10. The van der Waals surface area contributed by atoms with E-state index in [2.05, 4.69) is 34.0 Å². The second-order valence-corrected chi connectivity index (χ2v) is 4.88. The number of nitrogens with one attached hydrogen (secondary N) is 1. The van der Waals surface area contributed by atoms with Crippen LogP contribution in [0.15, 0.2) is 6.07 Å². The van der Waals surface area contributed by atoms with Crippen molar-refractivity contribution >= 4 is 11.6 Å². The van der Waals surface area contributed by atoms with Crippen molar-refractivity contribution in [1.29, 1.82) is 0 Å². The number of hydrogen-bond acceptors (Lipinski definition) is 5. The summed E-state index contributed by atoms with van der Waals surface area (Å²) in [6.45, 7) is 6.18. The first-order valence-corrected chi connectivity index (χ1v) is 6.17. The predicted molar refractivity (Wildman–Crippen MR) is 70.2 cm³/mol. The maximum atomic E-state index is 5.84. The Hall–Kier alpha value is -1.36. The molecule has 0 radical (unpaired) electrons. The number of nitrogens with zero attached hydrogens (tertiary/aromatic N) is 3. The van der Waals surface area contributed by atoms with Gasteiger partial charge in [-0.2, -0.15) is 0 Å².